The lowest BCUT2D eigenvalue weighted by Crippen LogP contribution is -2.69. The molecule has 14 nitrogen and oxygen atoms in total. The standard InChI is InChI=1S/C15H27NO13/c16-7-4(19)1-15(14(25)26,28-11(7)8(21)5(20)2-17)29-12-9(22)6(3-18)27-13(24)10(12)23/h4-13,17-24H,1-3,16H2,(H,25,26)/t4-,5-,6?,7-,8-,9+,10+,11?,12?,13-,15+/m1/s1. The Morgan fingerprint density at radius 3 is 2.31 bits per heavy atom. The van der Waals surface area contributed by atoms with Crippen LogP contribution in [0, 0.1) is 0 Å². The molecule has 0 amide bonds. The zero-order valence-corrected chi connectivity index (χ0v) is 15.1. The van der Waals surface area contributed by atoms with Crippen molar-refractivity contribution in [2.75, 3.05) is 13.2 Å². The van der Waals surface area contributed by atoms with Crippen molar-refractivity contribution >= 4 is 5.97 Å². The fourth-order valence-electron chi connectivity index (χ4n) is 3.29. The first-order chi connectivity index (χ1) is 13.5. The van der Waals surface area contributed by atoms with Gasteiger partial charge in [0.05, 0.1) is 25.4 Å². The number of aliphatic hydroxyl groups is 8. The minimum atomic E-state index is -2.78. The van der Waals surface area contributed by atoms with E-state index in [0.717, 1.165) is 0 Å². The Balaban J connectivity index is 2.35. The Labute approximate surface area is 164 Å². The Hall–Kier alpha value is -1.01. The maximum atomic E-state index is 12.0. The molecule has 14 heteroatoms. The number of carbonyl (C=O) groups is 1. The number of aliphatic carboxylic acids is 1. The van der Waals surface area contributed by atoms with E-state index in [1.165, 1.54) is 0 Å². The first kappa shape index (κ1) is 24.3. The molecule has 0 spiro atoms. The van der Waals surface area contributed by atoms with Gasteiger partial charge >= 0.3 is 5.97 Å². The molecule has 2 saturated heterocycles. The van der Waals surface area contributed by atoms with Crippen molar-refractivity contribution in [1.29, 1.82) is 0 Å². The van der Waals surface area contributed by atoms with Crippen molar-refractivity contribution in [3.8, 4) is 0 Å². The molecule has 2 rings (SSSR count). The molecule has 2 heterocycles. The van der Waals surface area contributed by atoms with E-state index in [-0.39, 0.29) is 0 Å². The molecule has 0 aromatic heterocycles. The highest BCUT2D eigenvalue weighted by molar-refractivity contribution is 5.76. The number of carboxylic acids is 1. The largest absolute Gasteiger partial charge is 0.477 e. The summed E-state index contributed by atoms with van der Waals surface area (Å²) < 4.78 is 15.3. The molecular weight excluding hydrogens is 402 g/mol. The molecule has 11 N–H and O–H groups in total. The maximum Gasteiger partial charge on any atom is 0.364 e. The molecule has 0 aromatic rings. The average molecular weight is 429 g/mol. The summed E-state index contributed by atoms with van der Waals surface area (Å²) in [7, 11) is 0. The van der Waals surface area contributed by atoms with Crippen LogP contribution < -0.4 is 5.73 Å². The first-order valence-corrected chi connectivity index (χ1v) is 8.79. The summed E-state index contributed by atoms with van der Waals surface area (Å²) >= 11 is 0. The molecule has 3 unspecified atom stereocenters. The second kappa shape index (κ2) is 9.42. The van der Waals surface area contributed by atoms with Crippen molar-refractivity contribution in [3.05, 3.63) is 0 Å². The molecule has 0 aliphatic carbocycles. The van der Waals surface area contributed by atoms with Crippen molar-refractivity contribution in [3.63, 3.8) is 0 Å². The van der Waals surface area contributed by atoms with Crippen LogP contribution in [0.25, 0.3) is 0 Å². The van der Waals surface area contributed by atoms with Crippen LogP contribution in [0.15, 0.2) is 0 Å². The molecule has 0 aromatic carbocycles. The van der Waals surface area contributed by atoms with Crippen molar-refractivity contribution in [2.45, 2.75) is 73.4 Å². The molecule has 11 atom stereocenters. The lowest BCUT2D eigenvalue weighted by molar-refractivity contribution is -0.365. The fourth-order valence-corrected chi connectivity index (χ4v) is 3.29. The van der Waals surface area contributed by atoms with Crippen LogP contribution in [0.3, 0.4) is 0 Å². The molecule has 0 radical (unpaired) electrons. The molecule has 2 aliphatic heterocycles. The van der Waals surface area contributed by atoms with Crippen LogP contribution in [0.5, 0.6) is 0 Å². The summed E-state index contributed by atoms with van der Waals surface area (Å²) in [4.78, 5) is 12.0. The smallest absolute Gasteiger partial charge is 0.364 e. The monoisotopic (exact) mass is 429 g/mol. The van der Waals surface area contributed by atoms with Gasteiger partial charge in [0.15, 0.2) is 6.29 Å². The lowest BCUT2D eigenvalue weighted by Gasteiger charge is -2.48. The third kappa shape index (κ3) is 4.68. The quantitative estimate of drug-likeness (QED) is 0.181. The molecular formula is C15H27NO13. The topological polar surface area (TPSA) is 253 Å². The maximum absolute atomic E-state index is 12.0. The van der Waals surface area contributed by atoms with E-state index in [1.807, 2.05) is 0 Å². The number of rotatable bonds is 7. The molecule has 170 valence electrons. The summed E-state index contributed by atoms with van der Waals surface area (Å²) in [6.45, 7) is -1.73. The van der Waals surface area contributed by atoms with Gasteiger partial charge in [-0.3, -0.25) is 0 Å². The minimum absolute atomic E-state index is 0.802. The van der Waals surface area contributed by atoms with Crippen LogP contribution in [-0.2, 0) is 19.0 Å². The molecule has 2 fully saturated rings. The highest BCUT2D eigenvalue weighted by Crippen LogP contribution is 2.36. The summed E-state index contributed by atoms with van der Waals surface area (Å²) in [6.07, 6.45) is -16.9. The van der Waals surface area contributed by atoms with Gasteiger partial charge in [0, 0.05) is 6.42 Å². The molecule has 0 bridgehead atoms. The van der Waals surface area contributed by atoms with Gasteiger partial charge in [0.25, 0.3) is 5.79 Å². The Bertz CT molecular complexity index is 566. The fraction of sp³-hybridized carbons (Fsp3) is 0.933. The zero-order chi connectivity index (χ0) is 22.1. The average Bonchev–Trinajstić information content (AvgIpc) is 2.69. The van der Waals surface area contributed by atoms with Gasteiger partial charge in [-0.15, -0.1) is 0 Å². The predicted octanol–water partition coefficient (Wildman–Crippen LogP) is -6.22. The SMILES string of the molecule is N[C@H]1C([C@H](O)[C@H](O)CO)O[C@@](OC2[C@@H](O)C(CO)O[C@@H](O)[C@H]2O)(C(=O)O)C[C@H]1O. The van der Waals surface area contributed by atoms with E-state index >= 15 is 0 Å². The van der Waals surface area contributed by atoms with Crippen LogP contribution >= 0.6 is 0 Å². The number of nitrogens with two attached hydrogens (primary N) is 1. The van der Waals surface area contributed by atoms with Crippen LogP contribution in [0.2, 0.25) is 0 Å². The number of carboxylic acid groups (broad SMARTS) is 1. The Morgan fingerprint density at radius 1 is 1.17 bits per heavy atom. The number of hydrogen-bond donors (Lipinski definition) is 10. The Morgan fingerprint density at radius 2 is 1.79 bits per heavy atom. The third-order valence-electron chi connectivity index (χ3n) is 5.04. The van der Waals surface area contributed by atoms with Crippen LogP contribution in [0.1, 0.15) is 6.42 Å². The third-order valence-corrected chi connectivity index (χ3v) is 5.04. The Kier molecular flexibility index (Phi) is 7.88. The number of aliphatic hydroxyl groups excluding tert-OH is 8. The van der Waals surface area contributed by atoms with Gasteiger partial charge in [0.1, 0.15) is 42.7 Å². The van der Waals surface area contributed by atoms with Crippen molar-refractivity contribution in [2.24, 2.45) is 5.73 Å². The van der Waals surface area contributed by atoms with Crippen LogP contribution in [0.4, 0.5) is 0 Å². The van der Waals surface area contributed by atoms with Crippen molar-refractivity contribution < 1.29 is 65.0 Å². The van der Waals surface area contributed by atoms with Gasteiger partial charge in [-0.1, -0.05) is 0 Å². The summed E-state index contributed by atoms with van der Waals surface area (Å²) in [5, 5.41) is 87.9. The second-order valence-electron chi connectivity index (χ2n) is 7.04. The van der Waals surface area contributed by atoms with Gasteiger partial charge in [-0.2, -0.15) is 0 Å². The van der Waals surface area contributed by atoms with Gasteiger partial charge in [-0.05, 0) is 0 Å². The van der Waals surface area contributed by atoms with E-state index in [4.69, 9.17) is 25.1 Å². The first-order valence-electron chi connectivity index (χ1n) is 8.79. The van der Waals surface area contributed by atoms with Gasteiger partial charge in [0.2, 0.25) is 0 Å². The van der Waals surface area contributed by atoms with Gasteiger partial charge < -0.3 is 65.9 Å². The summed E-state index contributed by atoms with van der Waals surface area (Å²) in [5.41, 5.74) is 5.72. The van der Waals surface area contributed by atoms with Gasteiger partial charge in [-0.25, -0.2) is 4.79 Å². The minimum Gasteiger partial charge on any atom is -0.477 e. The van der Waals surface area contributed by atoms with E-state index in [1.54, 1.807) is 0 Å². The van der Waals surface area contributed by atoms with E-state index in [9.17, 15) is 45.6 Å². The molecule has 0 saturated carbocycles. The van der Waals surface area contributed by atoms with E-state index in [0.29, 0.717) is 0 Å². The molecule has 2 aliphatic rings. The van der Waals surface area contributed by atoms with Crippen LogP contribution in [-0.4, -0.2) is 132 Å². The number of ether oxygens (including phenoxy) is 3. The zero-order valence-electron chi connectivity index (χ0n) is 15.1. The van der Waals surface area contributed by atoms with E-state index in [2.05, 4.69) is 0 Å². The number of hydrogen-bond acceptors (Lipinski definition) is 13. The normalized spacial score (nSPS) is 45.6. The lowest BCUT2D eigenvalue weighted by atomic mass is 9.89. The summed E-state index contributed by atoms with van der Waals surface area (Å²) in [6, 6.07) is -1.39. The molecule has 29 heavy (non-hydrogen) atoms. The highest BCUT2D eigenvalue weighted by atomic mass is 16.7. The van der Waals surface area contributed by atoms with E-state index < -0.39 is 92.6 Å². The second-order valence-corrected chi connectivity index (χ2v) is 7.04. The predicted molar refractivity (Wildman–Crippen MR) is 87.8 cm³/mol. The summed E-state index contributed by atoms with van der Waals surface area (Å²) in [5.74, 6) is -4.61. The van der Waals surface area contributed by atoms with Crippen molar-refractivity contribution in [1.82, 2.24) is 0 Å². The highest BCUT2D eigenvalue weighted by Gasteiger charge is 2.58.